The van der Waals surface area contributed by atoms with Gasteiger partial charge in [0, 0.05) is 25.5 Å². The van der Waals surface area contributed by atoms with Crippen molar-refractivity contribution in [3.8, 4) is 6.07 Å². The normalized spacial score (nSPS) is 26.8. The smallest absolute Gasteiger partial charge is 0.0669 e. The number of nitrogens with zero attached hydrogens (tertiary/aromatic N) is 2. The van der Waals surface area contributed by atoms with Crippen LogP contribution in [0.2, 0.25) is 0 Å². The van der Waals surface area contributed by atoms with E-state index >= 15 is 0 Å². The summed E-state index contributed by atoms with van der Waals surface area (Å²) in [6.45, 7) is 1.81. The molecule has 0 saturated carbocycles. The molecule has 2 rings (SSSR count). The Hall–Kier alpha value is -1.40. The third-order valence-electron chi connectivity index (χ3n) is 2.71. The van der Waals surface area contributed by atoms with Crippen molar-refractivity contribution in [1.82, 2.24) is 10.3 Å². The summed E-state index contributed by atoms with van der Waals surface area (Å²) in [5, 5.41) is 12.1. The molecule has 3 heteroatoms. The number of pyridine rings is 1. The van der Waals surface area contributed by atoms with Gasteiger partial charge in [-0.3, -0.25) is 4.98 Å². The Kier molecular flexibility index (Phi) is 2.76. The molecule has 2 atom stereocenters. The summed E-state index contributed by atoms with van der Waals surface area (Å²) in [5.74, 6) is 0.623. The zero-order valence-corrected chi connectivity index (χ0v) is 7.98. The van der Waals surface area contributed by atoms with Crippen molar-refractivity contribution < 1.29 is 0 Å². The fourth-order valence-corrected chi connectivity index (χ4v) is 1.93. The number of hydrogen-bond acceptors (Lipinski definition) is 3. The Morgan fingerprint density at radius 3 is 2.86 bits per heavy atom. The van der Waals surface area contributed by atoms with Gasteiger partial charge in [0.25, 0.3) is 0 Å². The number of nitriles is 1. The molecule has 1 aliphatic heterocycles. The number of rotatable bonds is 1. The molecule has 1 aromatic heterocycles. The van der Waals surface area contributed by atoms with Gasteiger partial charge in [0.15, 0.2) is 0 Å². The Morgan fingerprint density at radius 1 is 1.36 bits per heavy atom. The predicted octanol–water partition coefficient (Wildman–Crippen LogP) is 1.30. The van der Waals surface area contributed by atoms with Crippen LogP contribution >= 0.6 is 0 Å². The molecular formula is C11H13N3. The molecule has 1 aliphatic rings. The summed E-state index contributed by atoms with van der Waals surface area (Å²) in [5.41, 5.74) is 1.28. The molecule has 14 heavy (non-hydrogen) atoms. The van der Waals surface area contributed by atoms with E-state index in [-0.39, 0.29) is 5.92 Å². The molecule has 0 bridgehead atoms. The van der Waals surface area contributed by atoms with E-state index in [4.69, 9.17) is 5.26 Å². The lowest BCUT2D eigenvalue weighted by Gasteiger charge is -2.26. The predicted molar refractivity (Wildman–Crippen MR) is 53.6 cm³/mol. The minimum absolute atomic E-state index is 0.155. The molecule has 3 nitrogen and oxygen atoms in total. The van der Waals surface area contributed by atoms with Gasteiger partial charge in [0.2, 0.25) is 0 Å². The average molecular weight is 187 g/mol. The van der Waals surface area contributed by atoms with Crippen molar-refractivity contribution >= 4 is 0 Å². The molecule has 2 unspecified atom stereocenters. The van der Waals surface area contributed by atoms with Crippen LogP contribution < -0.4 is 5.32 Å². The van der Waals surface area contributed by atoms with Crippen LogP contribution in [0.1, 0.15) is 17.9 Å². The summed E-state index contributed by atoms with van der Waals surface area (Å²) in [7, 11) is 0. The highest BCUT2D eigenvalue weighted by Gasteiger charge is 2.22. The van der Waals surface area contributed by atoms with Gasteiger partial charge in [-0.1, -0.05) is 0 Å². The third-order valence-corrected chi connectivity index (χ3v) is 2.71. The van der Waals surface area contributed by atoms with Crippen molar-refractivity contribution in [2.45, 2.75) is 12.3 Å². The fourth-order valence-electron chi connectivity index (χ4n) is 1.93. The van der Waals surface area contributed by atoms with E-state index in [0.717, 1.165) is 19.5 Å². The van der Waals surface area contributed by atoms with E-state index in [9.17, 15) is 0 Å². The summed E-state index contributed by atoms with van der Waals surface area (Å²) in [4.78, 5) is 3.99. The molecule has 0 spiro atoms. The van der Waals surface area contributed by atoms with Crippen molar-refractivity contribution in [1.29, 1.82) is 5.26 Å². The van der Waals surface area contributed by atoms with Crippen LogP contribution in [0.3, 0.4) is 0 Å². The van der Waals surface area contributed by atoms with Gasteiger partial charge < -0.3 is 5.32 Å². The van der Waals surface area contributed by atoms with Crippen LogP contribution in [0.4, 0.5) is 0 Å². The largest absolute Gasteiger partial charge is 0.315 e. The first-order valence-corrected chi connectivity index (χ1v) is 4.90. The summed E-state index contributed by atoms with van der Waals surface area (Å²) < 4.78 is 0. The first-order valence-electron chi connectivity index (χ1n) is 4.90. The van der Waals surface area contributed by atoms with Crippen LogP contribution in [-0.4, -0.2) is 18.1 Å². The highest BCUT2D eigenvalue weighted by atomic mass is 14.9. The van der Waals surface area contributed by atoms with E-state index < -0.39 is 0 Å². The maximum atomic E-state index is 8.85. The highest BCUT2D eigenvalue weighted by Crippen LogP contribution is 2.25. The van der Waals surface area contributed by atoms with Gasteiger partial charge >= 0.3 is 0 Å². The van der Waals surface area contributed by atoms with Crippen LogP contribution in [0.5, 0.6) is 0 Å². The second-order valence-corrected chi connectivity index (χ2v) is 3.70. The zero-order valence-electron chi connectivity index (χ0n) is 7.98. The molecule has 0 aliphatic carbocycles. The molecule has 0 aromatic carbocycles. The lowest BCUT2D eigenvalue weighted by molar-refractivity contribution is 0.398. The standard InChI is InChI=1S/C11H13N3/c12-6-9-5-11(8-14-7-9)10-1-3-13-4-2-10/h1-4,9,11,14H,5,7-8H2. The molecule has 72 valence electrons. The van der Waals surface area contributed by atoms with E-state index in [0.29, 0.717) is 5.92 Å². The molecule has 2 heterocycles. The number of nitrogens with one attached hydrogen (secondary N) is 1. The van der Waals surface area contributed by atoms with Crippen molar-refractivity contribution in [2.75, 3.05) is 13.1 Å². The van der Waals surface area contributed by atoms with Crippen LogP contribution in [0.25, 0.3) is 0 Å². The molecule has 1 N–H and O–H groups in total. The SMILES string of the molecule is N#CC1CNCC(c2ccncc2)C1. The maximum absolute atomic E-state index is 8.85. The minimum Gasteiger partial charge on any atom is -0.315 e. The molecule has 0 radical (unpaired) electrons. The average Bonchev–Trinajstić information content (AvgIpc) is 2.30. The number of aromatic nitrogens is 1. The van der Waals surface area contributed by atoms with Crippen molar-refractivity contribution in [3.63, 3.8) is 0 Å². The van der Waals surface area contributed by atoms with Gasteiger partial charge in [0.1, 0.15) is 0 Å². The van der Waals surface area contributed by atoms with Gasteiger partial charge in [-0.25, -0.2) is 0 Å². The monoisotopic (exact) mass is 187 g/mol. The lowest BCUT2D eigenvalue weighted by atomic mass is 9.87. The quantitative estimate of drug-likeness (QED) is 0.721. The van der Waals surface area contributed by atoms with Crippen molar-refractivity contribution in [2.24, 2.45) is 5.92 Å². The van der Waals surface area contributed by atoms with Crippen LogP contribution in [-0.2, 0) is 0 Å². The first kappa shape index (κ1) is 9.17. The van der Waals surface area contributed by atoms with Gasteiger partial charge in [-0.05, 0) is 30.0 Å². The van der Waals surface area contributed by atoms with E-state index in [2.05, 4.69) is 16.4 Å². The van der Waals surface area contributed by atoms with Gasteiger partial charge in [-0.15, -0.1) is 0 Å². The first-order chi connectivity index (χ1) is 6.90. The Balaban J connectivity index is 2.09. The third kappa shape index (κ3) is 1.91. The topological polar surface area (TPSA) is 48.7 Å². The molecule has 1 aromatic rings. The van der Waals surface area contributed by atoms with Gasteiger partial charge in [-0.2, -0.15) is 5.26 Å². The number of piperidine rings is 1. The Morgan fingerprint density at radius 2 is 2.14 bits per heavy atom. The zero-order chi connectivity index (χ0) is 9.80. The summed E-state index contributed by atoms with van der Waals surface area (Å²) in [6.07, 6.45) is 4.59. The molecular weight excluding hydrogens is 174 g/mol. The van der Waals surface area contributed by atoms with Crippen LogP contribution in [0, 0.1) is 17.2 Å². The maximum Gasteiger partial charge on any atom is 0.0669 e. The second kappa shape index (κ2) is 4.21. The lowest BCUT2D eigenvalue weighted by Crippen LogP contribution is -2.34. The summed E-state index contributed by atoms with van der Waals surface area (Å²) in [6, 6.07) is 6.39. The van der Waals surface area contributed by atoms with E-state index in [1.807, 2.05) is 24.5 Å². The van der Waals surface area contributed by atoms with Crippen molar-refractivity contribution in [3.05, 3.63) is 30.1 Å². The Labute approximate surface area is 83.8 Å². The summed E-state index contributed by atoms with van der Waals surface area (Å²) >= 11 is 0. The second-order valence-electron chi connectivity index (χ2n) is 3.70. The number of hydrogen-bond donors (Lipinski definition) is 1. The highest BCUT2D eigenvalue weighted by molar-refractivity contribution is 5.18. The minimum atomic E-state index is 0.155. The fraction of sp³-hybridized carbons (Fsp3) is 0.455. The molecule has 1 fully saturated rings. The van der Waals surface area contributed by atoms with Gasteiger partial charge in [0.05, 0.1) is 12.0 Å². The van der Waals surface area contributed by atoms with E-state index in [1.165, 1.54) is 5.56 Å². The van der Waals surface area contributed by atoms with Crippen LogP contribution in [0.15, 0.2) is 24.5 Å². The van der Waals surface area contributed by atoms with E-state index in [1.54, 1.807) is 0 Å². The molecule has 0 amide bonds. The molecule has 1 saturated heterocycles. The Bertz CT molecular complexity index is 328.